The summed E-state index contributed by atoms with van der Waals surface area (Å²) in [5.74, 6) is 3.65. The number of rotatable bonds is 3. The van der Waals surface area contributed by atoms with Crippen LogP contribution in [0.25, 0.3) is 0 Å². The zero-order valence-corrected chi connectivity index (χ0v) is 14.1. The van der Waals surface area contributed by atoms with Crippen molar-refractivity contribution in [2.24, 2.45) is 0 Å². The summed E-state index contributed by atoms with van der Waals surface area (Å²) in [6.45, 7) is 3.40. The summed E-state index contributed by atoms with van der Waals surface area (Å²) in [6, 6.07) is 0. The van der Waals surface area contributed by atoms with Crippen LogP contribution >= 0.6 is 23.5 Å². The molecule has 3 aliphatic heterocycles. The first-order chi connectivity index (χ1) is 10.3. The summed E-state index contributed by atoms with van der Waals surface area (Å²) in [6.07, 6.45) is 4.74. The summed E-state index contributed by atoms with van der Waals surface area (Å²) in [5.41, 5.74) is 0. The number of likely N-dealkylation sites (tertiary alicyclic amines) is 1. The number of hydrogen-bond acceptors (Lipinski definition) is 5. The lowest BCUT2D eigenvalue weighted by Crippen LogP contribution is -2.46. The lowest BCUT2D eigenvalue weighted by atomic mass is 10.1. The number of hydrogen-bond donors (Lipinski definition) is 0. The van der Waals surface area contributed by atoms with Gasteiger partial charge in [0.2, 0.25) is 5.91 Å². The van der Waals surface area contributed by atoms with Crippen molar-refractivity contribution in [1.29, 1.82) is 0 Å². The molecule has 3 aliphatic rings. The van der Waals surface area contributed by atoms with E-state index in [-0.39, 0.29) is 5.25 Å². The maximum Gasteiger partial charge on any atom is 0.236 e. The Kier molecular flexibility index (Phi) is 6.15. The SMILES string of the molecule is O=C([C@H]1CSCCS1)N1CCC(OC2CCOCC2)CC1. The van der Waals surface area contributed by atoms with Crippen molar-refractivity contribution in [3.8, 4) is 0 Å². The molecule has 0 unspecified atom stereocenters. The fourth-order valence-corrected chi connectivity index (χ4v) is 5.76. The predicted molar refractivity (Wildman–Crippen MR) is 88.1 cm³/mol. The largest absolute Gasteiger partial charge is 0.381 e. The second-order valence-corrected chi connectivity index (χ2v) is 8.37. The molecule has 3 heterocycles. The zero-order valence-electron chi connectivity index (χ0n) is 12.5. The van der Waals surface area contributed by atoms with E-state index in [9.17, 15) is 4.79 Å². The monoisotopic (exact) mass is 331 g/mol. The van der Waals surface area contributed by atoms with Gasteiger partial charge in [0.1, 0.15) is 0 Å². The van der Waals surface area contributed by atoms with Crippen molar-refractivity contribution < 1.29 is 14.3 Å². The van der Waals surface area contributed by atoms with E-state index in [1.807, 2.05) is 23.5 Å². The van der Waals surface area contributed by atoms with E-state index in [1.165, 1.54) is 5.75 Å². The minimum atomic E-state index is 0.191. The molecular weight excluding hydrogens is 306 g/mol. The normalized spacial score (nSPS) is 29.5. The average molecular weight is 332 g/mol. The highest BCUT2D eigenvalue weighted by molar-refractivity contribution is 8.07. The number of thioether (sulfide) groups is 2. The second kappa shape index (κ2) is 8.09. The Morgan fingerprint density at radius 1 is 1.05 bits per heavy atom. The number of piperidine rings is 1. The quantitative estimate of drug-likeness (QED) is 0.791. The van der Waals surface area contributed by atoms with Gasteiger partial charge >= 0.3 is 0 Å². The number of ether oxygens (including phenoxy) is 2. The van der Waals surface area contributed by atoms with Gasteiger partial charge in [0.25, 0.3) is 0 Å². The van der Waals surface area contributed by atoms with Gasteiger partial charge in [-0.1, -0.05) is 0 Å². The van der Waals surface area contributed by atoms with Gasteiger partial charge in [0.05, 0.1) is 17.5 Å². The van der Waals surface area contributed by atoms with E-state index in [0.29, 0.717) is 18.1 Å². The molecule has 1 amide bonds. The molecule has 3 saturated heterocycles. The van der Waals surface area contributed by atoms with Crippen molar-refractivity contribution in [3.05, 3.63) is 0 Å². The molecule has 3 rings (SSSR count). The topological polar surface area (TPSA) is 38.8 Å². The molecule has 0 spiro atoms. The summed E-state index contributed by atoms with van der Waals surface area (Å²) in [7, 11) is 0. The van der Waals surface area contributed by atoms with E-state index < -0.39 is 0 Å². The molecule has 0 aromatic carbocycles. The number of carbonyl (C=O) groups is 1. The summed E-state index contributed by atoms with van der Waals surface area (Å²) in [5, 5.41) is 0.191. The molecule has 3 fully saturated rings. The van der Waals surface area contributed by atoms with Gasteiger partial charge in [0, 0.05) is 43.6 Å². The lowest BCUT2D eigenvalue weighted by Gasteiger charge is -2.36. The first-order valence-corrected chi connectivity index (χ1v) is 10.2. The molecule has 0 saturated carbocycles. The van der Waals surface area contributed by atoms with Gasteiger partial charge in [-0.2, -0.15) is 11.8 Å². The molecule has 0 aromatic heterocycles. The minimum Gasteiger partial charge on any atom is -0.381 e. The summed E-state index contributed by atoms with van der Waals surface area (Å²) < 4.78 is 11.5. The fraction of sp³-hybridized carbons (Fsp3) is 0.933. The van der Waals surface area contributed by atoms with Crippen molar-refractivity contribution >= 4 is 29.4 Å². The smallest absolute Gasteiger partial charge is 0.236 e. The van der Waals surface area contributed by atoms with Crippen LogP contribution in [0.4, 0.5) is 0 Å². The van der Waals surface area contributed by atoms with Gasteiger partial charge in [-0.05, 0) is 25.7 Å². The highest BCUT2D eigenvalue weighted by Gasteiger charge is 2.31. The summed E-state index contributed by atoms with van der Waals surface area (Å²) >= 11 is 3.75. The van der Waals surface area contributed by atoms with Crippen molar-refractivity contribution in [1.82, 2.24) is 4.90 Å². The van der Waals surface area contributed by atoms with E-state index in [4.69, 9.17) is 9.47 Å². The van der Waals surface area contributed by atoms with Crippen LogP contribution in [0.2, 0.25) is 0 Å². The Balaban J connectivity index is 1.40. The first-order valence-electron chi connectivity index (χ1n) is 8.04. The van der Waals surface area contributed by atoms with E-state index in [2.05, 4.69) is 4.90 Å². The Morgan fingerprint density at radius 3 is 2.43 bits per heavy atom. The van der Waals surface area contributed by atoms with Crippen LogP contribution in [0, 0.1) is 0 Å². The molecule has 120 valence electrons. The van der Waals surface area contributed by atoms with Crippen LogP contribution in [-0.4, -0.2) is 71.8 Å². The van der Waals surface area contributed by atoms with Gasteiger partial charge < -0.3 is 14.4 Å². The summed E-state index contributed by atoms with van der Waals surface area (Å²) in [4.78, 5) is 14.5. The number of nitrogens with zero attached hydrogens (tertiary/aromatic N) is 1. The third-order valence-corrected chi connectivity index (χ3v) is 7.14. The molecule has 1 atom stereocenters. The third-order valence-electron chi connectivity index (χ3n) is 4.40. The zero-order chi connectivity index (χ0) is 14.5. The number of carbonyl (C=O) groups excluding carboxylic acids is 1. The van der Waals surface area contributed by atoms with Crippen molar-refractivity contribution in [2.45, 2.75) is 43.1 Å². The van der Waals surface area contributed by atoms with Crippen LogP contribution < -0.4 is 0 Å². The molecule has 6 heteroatoms. The molecule has 4 nitrogen and oxygen atoms in total. The van der Waals surface area contributed by atoms with Crippen LogP contribution in [0.3, 0.4) is 0 Å². The van der Waals surface area contributed by atoms with E-state index in [0.717, 1.165) is 63.5 Å². The van der Waals surface area contributed by atoms with Crippen LogP contribution in [0.15, 0.2) is 0 Å². The van der Waals surface area contributed by atoms with E-state index >= 15 is 0 Å². The van der Waals surface area contributed by atoms with Gasteiger partial charge in [-0.25, -0.2) is 0 Å². The van der Waals surface area contributed by atoms with Gasteiger partial charge in [-0.3, -0.25) is 4.79 Å². The van der Waals surface area contributed by atoms with Crippen molar-refractivity contribution in [3.63, 3.8) is 0 Å². The highest BCUT2D eigenvalue weighted by atomic mass is 32.2. The lowest BCUT2D eigenvalue weighted by molar-refractivity contribution is -0.134. The van der Waals surface area contributed by atoms with E-state index in [1.54, 1.807) is 0 Å². The Bertz CT molecular complexity index is 336. The maximum absolute atomic E-state index is 12.5. The molecule has 0 aliphatic carbocycles. The van der Waals surface area contributed by atoms with Crippen LogP contribution in [0.1, 0.15) is 25.7 Å². The molecule has 0 radical (unpaired) electrons. The minimum absolute atomic E-state index is 0.191. The molecule has 0 bridgehead atoms. The Morgan fingerprint density at radius 2 is 1.76 bits per heavy atom. The molecule has 0 aromatic rings. The molecule has 0 N–H and O–H groups in total. The molecular formula is C15H25NO3S2. The standard InChI is InChI=1S/C15H25NO3S2/c17-15(14-11-20-9-10-21-14)16-5-1-12(2-6-16)19-13-3-7-18-8-4-13/h12-14H,1-11H2/t14-/m1/s1. The van der Waals surface area contributed by atoms with Crippen LogP contribution in [0.5, 0.6) is 0 Å². The average Bonchev–Trinajstić information content (AvgIpc) is 2.57. The third kappa shape index (κ3) is 4.53. The predicted octanol–water partition coefficient (Wildman–Crippen LogP) is 2.02. The van der Waals surface area contributed by atoms with Gasteiger partial charge in [0.15, 0.2) is 0 Å². The second-order valence-electron chi connectivity index (χ2n) is 5.91. The number of amides is 1. The first kappa shape index (κ1) is 16.0. The Labute approximate surface area is 135 Å². The highest BCUT2D eigenvalue weighted by Crippen LogP contribution is 2.27. The Hall–Kier alpha value is 0.0900. The van der Waals surface area contributed by atoms with Gasteiger partial charge in [-0.15, -0.1) is 11.8 Å². The fourth-order valence-electron chi connectivity index (χ4n) is 3.13. The molecule has 21 heavy (non-hydrogen) atoms. The maximum atomic E-state index is 12.5. The van der Waals surface area contributed by atoms with Crippen LogP contribution in [-0.2, 0) is 14.3 Å². The van der Waals surface area contributed by atoms with Crippen molar-refractivity contribution in [2.75, 3.05) is 43.6 Å².